The molecular weight excluding hydrogens is 290 g/mol. The summed E-state index contributed by atoms with van der Waals surface area (Å²) in [6, 6.07) is 0. The maximum absolute atomic E-state index is 10.7. The highest BCUT2D eigenvalue weighted by atomic mass is 16.3. The van der Waals surface area contributed by atoms with E-state index in [0.717, 1.165) is 48.5 Å². The summed E-state index contributed by atoms with van der Waals surface area (Å²) in [6.45, 7) is 9.93. The molecule has 2 aromatic heterocycles. The summed E-state index contributed by atoms with van der Waals surface area (Å²) < 4.78 is 1.80. The summed E-state index contributed by atoms with van der Waals surface area (Å²) in [7, 11) is 1.91. The average Bonchev–Trinajstić information content (AvgIpc) is 2.87. The molecule has 0 radical (unpaired) electrons. The standard InChI is InChI=1S/C17H27N5O/c1-6-17(23)8-7-9-22(11-17)14-12-10-18-21(5)13(12)19-15(20-14)16(2,3)4/h10,23H,6-9,11H2,1-5H3/t17-/m0/s1. The molecule has 0 saturated carbocycles. The van der Waals surface area contributed by atoms with Crippen LogP contribution in [0.1, 0.15) is 52.8 Å². The molecule has 1 saturated heterocycles. The molecule has 6 heteroatoms. The van der Waals surface area contributed by atoms with Crippen LogP contribution in [-0.4, -0.2) is 43.5 Å². The Bertz CT molecular complexity index is 718. The van der Waals surface area contributed by atoms with Crippen molar-refractivity contribution in [3.8, 4) is 0 Å². The fraction of sp³-hybridized carbons (Fsp3) is 0.706. The second-order valence-electron chi connectivity index (χ2n) is 7.73. The molecule has 0 aliphatic carbocycles. The van der Waals surface area contributed by atoms with Gasteiger partial charge in [-0.3, -0.25) is 4.68 Å². The normalized spacial score (nSPS) is 22.8. The molecule has 1 aliphatic heterocycles. The Morgan fingerprint density at radius 1 is 1.30 bits per heavy atom. The minimum absolute atomic E-state index is 0.135. The molecular formula is C17H27N5O. The number of β-amino-alcohol motifs (C(OH)–C–C–N with tert-alkyl or cyclic N) is 1. The van der Waals surface area contributed by atoms with Gasteiger partial charge in [0.05, 0.1) is 17.2 Å². The predicted octanol–water partition coefficient (Wildman–Crippen LogP) is 2.40. The Labute approximate surface area is 137 Å². The van der Waals surface area contributed by atoms with Crippen LogP contribution < -0.4 is 4.90 Å². The smallest absolute Gasteiger partial charge is 0.163 e. The van der Waals surface area contributed by atoms with Gasteiger partial charge < -0.3 is 10.0 Å². The molecule has 126 valence electrons. The van der Waals surface area contributed by atoms with Crippen molar-refractivity contribution >= 4 is 16.9 Å². The Morgan fingerprint density at radius 3 is 2.70 bits per heavy atom. The summed E-state index contributed by atoms with van der Waals surface area (Å²) in [5, 5.41) is 16.0. The number of aryl methyl sites for hydroxylation is 1. The first-order chi connectivity index (χ1) is 10.7. The van der Waals surface area contributed by atoms with Gasteiger partial charge in [0.25, 0.3) is 0 Å². The fourth-order valence-electron chi connectivity index (χ4n) is 3.17. The minimum Gasteiger partial charge on any atom is -0.388 e. The van der Waals surface area contributed by atoms with Gasteiger partial charge in [-0.05, 0) is 19.3 Å². The highest BCUT2D eigenvalue weighted by Crippen LogP contribution is 2.32. The molecule has 1 aliphatic rings. The van der Waals surface area contributed by atoms with E-state index in [9.17, 15) is 5.11 Å². The highest BCUT2D eigenvalue weighted by molar-refractivity contribution is 5.87. The lowest BCUT2D eigenvalue weighted by Crippen LogP contribution is -2.48. The third kappa shape index (κ3) is 2.92. The largest absolute Gasteiger partial charge is 0.388 e. The van der Waals surface area contributed by atoms with E-state index < -0.39 is 5.60 Å². The molecule has 3 rings (SSSR count). The van der Waals surface area contributed by atoms with Gasteiger partial charge in [0, 0.05) is 25.6 Å². The Balaban J connectivity index is 2.12. The third-order valence-electron chi connectivity index (χ3n) is 4.76. The number of piperidine rings is 1. The topological polar surface area (TPSA) is 67.1 Å². The van der Waals surface area contributed by atoms with Gasteiger partial charge in [0.2, 0.25) is 0 Å². The van der Waals surface area contributed by atoms with Crippen molar-refractivity contribution in [1.29, 1.82) is 0 Å². The first-order valence-electron chi connectivity index (χ1n) is 8.41. The van der Waals surface area contributed by atoms with Gasteiger partial charge in [-0.15, -0.1) is 0 Å². The van der Waals surface area contributed by atoms with E-state index >= 15 is 0 Å². The summed E-state index contributed by atoms with van der Waals surface area (Å²) >= 11 is 0. The molecule has 0 unspecified atom stereocenters. The molecule has 1 N–H and O–H groups in total. The Hall–Kier alpha value is -1.69. The number of aliphatic hydroxyl groups is 1. The van der Waals surface area contributed by atoms with E-state index in [0.29, 0.717) is 6.54 Å². The zero-order chi connectivity index (χ0) is 16.8. The van der Waals surface area contributed by atoms with Gasteiger partial charge in [0.15, 0.2) is 5.65 Å². The highest BCUT2D eigenvalue weighted by Gasteiger charge is 2.33. The van der Waals surface area contributed by atoms with Crippen molar-refractivity contribution in [2.45, 2.75) is 58.0 Å². The fourth-order valence-corrected chi connectivity index (χ4v) is 3.17. The summed E-state index contributed by atoms with van der Waals surface area (Å²) in [5.74, 6) is 1.72. The molecule has 1 fully saturated rings. The van der Waals surface area contributed by atoms with E-state index in [1.54, 1.807) is 4.68 Å². The number of nitrogens with zero attached hydrogens (tertiary/aromatic N) is 5. The summed E-state index contributed by atoms with van der Waals surface area (Å²) in [5.41, 5.74) is 0.0921. The minimum atomic E-state index is -0.625. The zero-order valence-electron chi connectivity index (χ0n) is 14.8. The third-order valence-corrected chi connectivity index (χ3v) is 4.76. The van der Waals surface area contributed by atoms with E-state index in [-0.39, 0.29) is 5.41 Å². The van der Waals surface area contributed by atoms with E-state index in [2.05, 4.69) is 30.8 Å². The maximum Gasteiger partial charge on any atom is 0.163 e. The van der Waals surface area contributed by atoms with E-state index in [4.69, 9.17) is 9.97 Å². The van der Waals surface area contributed by atoms with Crippen molar-refractivity contribution in [2.75, 3.05) is 18.0 Å². The molecule has 6 nitrogen and oxygen atoms in total. The number of rotatable bonds is 2. The molecule has 0 bridgehead atoms. The van der Waals surface area contributed by atoms with Crippen molar-refractivity contribution in [1.82, 2.24) is 19.7 Å². The van der Waals surface area contributed by atoms with Crippen LogP contribution in [0.25, 0.3) is 11.0 Å². The lowest BCUT2D eigenvalue weighted by molar-refractivity contribution is 0.0222. The van der Waals surface area contributed by atoms with Crippen LogP contribution >= 0.6 is 0 Å². The number of hydrogen-bond donors (Lipinski definition) is 1. The van der Waals surface area contributed by atoms with Crippen molar-refractivity contribution in [3.05, 3.63) is 12.0 Å². The predicted molar refractivity (Wildman–Crippen MR) is 91.7 cm³/mol. The van der Waals surface area contributed by atoms with Gasteiger partial charge in [-0.2, -0.15) is 5.10 Å². The number of hydrogen-bond acceptors (Lipinski definition) is 5. The molecule has 23 heavy (non-hydrogen) atoms. The molecule has 1 atom stereocenters. The first-order valence-corrected chi connectivity index (χ1v) is 8.41. The van der Waals surface area contributed by atoms with Crippen LogP contribution in [0.5, 0.6) is 0 Å². The molecule has 0 aromatic carbocycles. The molecule has 0 amide bonds. The van der Waals surface area contributed by atoms with Gasteiger partial charge in [-0.25, -0.2) is 9.97 Å². The van der Waals surface area contributed by atoms with Gasteiger partial charge in [0.1, 0.15) is 11.6 Å². The van der Waals surface area contributed by atoms with Crippen molar-refractivity contribution in [3.63, 3.8) is 0 Å². The lowest BCUT2D eigenvalue weighted by atomic mass is 9.90. The van der Waals surface area contributed by atoms with Crippen LogP contribution in [0.2, 0.25) is 0 Å². The average molecular weight is 317 g/mol. The first kappa shape index (κ1) is 16.2. The van der Waals surface area contributed by atoms with E-state index in [1.165, 1.54) is 0 Å². The second-order valence-corrected chi connectivity index (χ2v) is 7.73. The number of aromatic nitrogens is 4. The van der Waals surface area contributed by atoms with Crippen LogP contribution in [0.3, 0.4) is 0 Å². The molecule has 2 aromatic rings. The summed E-state index contributed by atoms with van der Waals surface area (Å²) in [4.78, 5) is 11.8. The summed E-state index contributed by atoms with van der Waals surface area (Å²) in [6.07, 6.45) is 4.42. The quantitative estimate of drug-likeness (QED) is 0.921. The molecule has 0 spiro atoms. The van der Waals surface area contributed by atoms with Gasteiger partial charge in [-0.1, -0.05) is 27.7 Å². The number of fused-ring (bicyclic) bond motifs is 1. The Morgan fingerprint density at radius 2 is 2.04 bits per heavy atom. The van der Waals surface area contributed by atoms with Crippen LogP contribution in [0, 0.1) is 0 Å². The molecule has 3 heterocycles. The lowest BCUT2D eigenvalue weighted by Gasteiger charge is -2.39. The van der Waals surface area contributed by atoms with Crippen LogP contribution in [0.15, 0.2) is 6.20 Å². The van der Waals surface area contributed by atoms with Crippen LogP contribution in [0.4, 0.5) is 5.82 Å². The monoisotopic (exact) mass is 317 g/mol. The van der Waals surface area contributed by atoms with E-state index in [1.807, 2.05) is 20.2 Å². The van der Waals surface area contributed by atoms with Crippen molar-refractivity contribution in [2.24, 2.45) is 7.05 Å². The van der Waals surface area contributed by atoms with Crippen molar-refractivity contribution < 1.29 is 5.11 Å². The van der Waals surface area contributed by atoms with Gasteiger partial charge >= 0.3 is 0 Å². The zero-order valence-corrected chi connectivity index (χ0v) is 14.8. The van der Waals surface area contributed by atoms with Crippen LogP contribution in [-0.2, 0) is 12.5 Å². The second kappa shape index (κ2) is 5.44. The number of anilines is 1. The maximum atomic E-state index is 10.7. The SMILES string of the molecule is CC[C@]1(O)CCCN(c2nc(C(C)(C)C)nc3c2cnn3C)C1. The Kier molecular flexibility index (Phi) is 3.83.